The monoisotopic (exact) mass is 316 g/mol. The summed E-state index contributed by atoms with van der Waals surface area (Å²) in [6, 6.07) is 6.95. The molecule has 0 spiro atoms. The van der Waals surface area contributed by atoms with Crippen molar-refractivity contribution in [1.29, 1.82) is 0 Å². The van der Waals surface area contributed by atoms with Gasteiger partial charge < -0.3 is 9.47 Å². The predicted molar refractivity (Wildman–Crippen MR) is 78.4 cm³/mol. The normalized spacial score (nSPS) is 16.1. The van der Waals surface area contributed by atoms with Gasteiger partial charge in [0, 0.05) is 16.5 Å². The van der Waals surface area contributed by atoms with Crippen LogP contribution in [0.15, 0.2) is 34.3 Å². The molecule has 3 rings (SSSR count). The number of aromatic nitrogens is 2. The fourth-order valence-corrected chi connectivity index (χ4v) is 3.14. The Balaban J connectivity index is 2.01. The van der Waals surface area contributed by atoms with Crippen molar-refractivity contribution < 1.29 is 19.1 Å². The molecule has 6 nitrogen and oxygen atoms in total. The molecule has 0 N–H and O–H groups in total. The summed E-state index contributed by atoms with van der Waals surface area (Å²) in [5, 5.41) is 0.335. The van der Waals surface area contributed by atoms with Crippen molar-refractivity contribution in [2.75, 3.05) is 7.11 Å². The summed E-state index contributed by atoms with van der Waals surface area (Å²) >= 11 is 1.20. The zero-order valence-corrected chi connectivity index (χ0v) is 12.7. The molecule has 0 saturated heterocycles. The Morgan fingerprint density at radius 2 is 2.18 bits per heavy atom. The lowest BCUT2D eigenvalue weighted by atomic mass is 10.1. The molecule has 0 radical (unpaired) electrons. The summed E-state index contributed by atoms with van der Waals surface area (Å²) in [6.07, 6.45) is 0.361. The highest BCUT2D eigenvalue weighted by Gasteiger charge is 2.30. The van der Waals surface area contributed by atoms with Gasteiger partial charge in [-0.25, -0.2) is 9.78 Å². The first-order valence-electron chi connectivity index (χ1n) is 6.52. The molecule has 0 bridgehead atoms. The first kappa shape index (κ1) is 14.5. The number of nitrogens with zero attached hydrogens (tertiary/aromatic N) is 2. The maximum Gasteiger partial charge on any atom is 0.340 e. The molecule has 2 heterocycles. The molecule has 0 amide bonds. The van der Waals surface area contributed by atoms with E-state index in [0.29, 0.717) is 27.8 Å². The number of rotatable bonds is 4. The molecular formula is C15H12N2O4S. The van der Waals surface area contributed by atoms with Crippen LogP contribution in [-0.2, 0) is 4.74 Å². The minimum absolute atomic E-state index is 0.220. The van der Waals surface area contributed by atoms with Gasteiger partial charge in [-0.2, -0.15) is 4.98 Å². The minimum Gasteiger partial charge on any atom is -0.481 e. The van der Waals surface area contributed by atoms with Gasteiger partial charge in [0.25, 0.3) is 0 Å². The smallest absolute Gasteiger partial charge is 0.340 e. The number of methoxy groups -OCH3 is 1. The van der Waals surface area contributed by atoms with E-state index < -0.39 is 0 Å². The van der Waals surface area contributed by atoms with E-state index in [0.717, 1.165) is 5.56 Å². The van der Waals surface area contributed by atoms with Gasteiger partial charge in [0.2, 0.25) is 5.88 Å². The number of carbonyl (C=O) groups is 2. The van der Waals surface area contributed by atoms with Crippen molar-refractivity contribution in [3.8, 4) is 5.88 Å². The van der Waals surface area contributed by atoms with Crippen molar-refractivity contribution in [3.63, 3.8) is 0 Å². The van der Waals surface area contributed by atoms with E-state index in [1.54, 1.807) is 6.07 Å². The lowest BCUT2D eigenvalue weighted by Gasteiger charge is -2.06. The standard InChI is InChI=1S/C15H12N2O4S/c1-8-10-4-3-5-11(13(10)14(19)21-8)22-15-16-9(7-18)6-12(17-15)20-2/h3-8H,1-2H3. The maximum absolute atomic E-state index is 12.0. The van der Waals surface area contributed by atoms with Crippen molar-refractivity contribution in [2.45, 2.75) is 23.1 Å². The maximum atomic E-state index is 12.0. The summed E-state index contributed by atoms with van der Waals surface area (Å²) < 4.78 is 10.3. The van der Waals surface area contributed by atoms with E-state index >= 15 is 0 Å². The summed E-state index contributed by atoms with van der Waals surface area (Å²) in [6.45, 7) is 1.82. The fourth-order valence-electron chi connectivity index (χ4n) is 2.20. The fraction of sp³-hybridized carbons (Fsp3) is 0.200. The highest BCUT2D eigenvalue weighted by molar-refractivity contribution is 7.99. The van der Waals surface area contributed by atoms with Gasteiger partial charge in [0.15, 0.2) is 11.4 Å². The van der Waals surface area contributed by atoms with Gasteiger partial charge in [-0.05, 0) is 24.8 Å². The molecule has 1 aromatic carbocycles. The van der Waals surface area contributed by atoms with Crippen molar-refractivity contribution >= 4 is 24.0 Å². The number of ether oxygens (including phenoxy) is 2. The first-order chi connectivity index (χ1) is 10.6. The second-order valence-electron chi connectivity index (χ2n) is 4.61. The second-order valence-corrected chi connectivity index (χ2v) is 5.61. The summed E-state index contributed by atoms with van der Waals surface area (Å²) in [5.41, 5.74) is 1.59. The van der Waals surface area contributed by atoms with Gasteiger partial charge in [0.1, 0.15) is 11.8 Å². The molecular weight excluding hydrogens is 304 g/mol. The third kappa shape index (κ3) is 2.55. The number of fused-ring (bicyclic) bond motifs is 1. The van der Waals surface area contributed by atoms with Crippen LogP contribution in [0.3, 0.4) is 0 Å². The van der Waals surface area contributed by atoms with E-state index in [1.165, 1.54) is 24.9 Å². The van der Waals surface area contributed by atoms with E-state index in [1.807, 2.05) is 19.1 Å². The number of hydrogen-bond acceptors (Lipinski definition) is 7. The highest BCUT2D eigenvalue weighted by atomic mass is 32.2. The number of cyclic esters (lactones) is 1. The predicted octanol–water partition coefficient (Wildman–Crippen LogP) is 2.68. The molecule has 112 valence electrons. The van der Waals surface area contributed by atoms with Crippen LogP contribution < -0.4 is 4.74 Å². The van der Waals surface area contributed by atoms with Crippen molar-refractivity contribution in [1.82, 2.24) is 9.97 Å². The Bertz CT molecular complexity index is 763. The largest absolute Gasteiger partial charge is 0.481 e. The number of carbonyl (C=O) groups excluding carboxylic acids is 2. The van der Waals surface area contributed by atoms with Crippen LogP contribution in [0.25, 0.3) is 0 Å². The van der Waals surface area contributed by atoms with Crippen LogP contribution in [0.5, 0.6) is 5.88 Å². The number of benzene rings is 1. The topological polar surface area (TPSA) is 78.4 Å². The Morgan fingerprint density at radius 3 is 2.91 bits per heavy atom. The molecule has 1 atom stereocenters. The third-order valence-electron chi connectivity index (χ3n) is 3.22. The van der Waals surface area contributed by atoms with Crippen LogP contribution in [0.1, 0.15) is 39.4 Å². The number of esters is 1. The molecule has 1 aliphatic heterocycles. The molecule has 22 heavy (non-hydrogen) atoms. The molecule has 7 heteroatoms. The quantitative estimate of drug-likeness (QED) is 0.487. The molecule has 1 aromatic heterocycles. The van der Waals surface area contributed by atoms with E-state index in [9.17, 15) is 9.59 Å². The molecule has 0 aliphatic carbocycles. The van der Waals surface area contributed by atoms with E-state index in [2.05, 4.69) is 9.97 Å². The Kier molecular flexibility index (Phi) is 3.81. The van der Waals surface area contributed by atoms with E-state index in [4.69, 9.17) is 9.47 Å². The summed E-state index contributed by atoms with van der Waals surface area (Å²) in [7, 11) is 1.46. The number of aldehydes is 1. The van der Waals surface area contributed by atoms with Crippen LogP contribution in [0.4, 0.5) is 0 Å². The Labute approximate surface area is 130 Å². The zero-order chi connectivity index (χ0) is 15.7. The lowest BCUT2D eigenvalue weighted by molar-refractivity contribution is 0.0419. The molecule has 1 unspecified atom stereocenters. The van der Waals surface area contributed by atoms with Crippen LogP contribution >= 0.6 is 11.8 Å². The lowest BCUT2D eigenvalue weighted by Crippen LogP contribution is -1.99. The average Bonchev–Trinajstić information content (AvgIpc) is 2.82. The van der Waals surface area contributed by atoms with Crippen LogP contribution in [0, 0.1) is 0 Å². The number of hydrogen-bond donors (Lipinski definition) is 0. The zero-order valence-electron chi connectivity index (χ0n) is 11.9. The Hall–Kier alpha value is -2.41. The van der Waals surface area contributed by atoms with Gasteiger partial charge in [0.05, 0.1) is 12.7 Å². The summed E-state index contributed by atoms with van der Waals surface area (Å²) in [4.78, 5) is 31.9. The highest BCUT2D eigenvalue weighted by Crippen LogP contribution is 2.38. The van der Waals surface area contributed by atoms with Crippen LogP contribution in [0.2, 0.25) is 0 Å². The SMILES string of the molecule is COc1cc(C=O)nc(Sc2cccc3c2C(=O)OC3C)n1. The van der Waals surface area contributed by atoms with Crippen LogP contribution in [-0.4, -0.2) is 29.3 Å². The summed E-state index contributed by atoms with van der Waals surface area (Å²) in [5.74, 6) is -0.0628. The van der Waals surface area contributed by atoms with Gasteiger partial charge in [-0.1, -0.05) is 12.1 Å². The van der Waals surface area contributed by atoms with Gasteiger partial charge in [-0.3, -0.25) is 4.79 Å². The van der Waals surface area contributed by atoms with Crippen molar-refractivity contribution in [3.05, 3.63) is 41.1 Å². The average molecular weight is 316 g/mol. The van der Waals surface area contributed by atoms with E-state index in [-0.39, 0.29) is 17.8 Å². The minimum atomic E-state index is -0.357. The molecule has 1 aliphatic rings. The van der Waals surface area contributed by atoms with Crippen molar-refractivity contribution in [2.24, 2.45) is 0 Å². The van der Waals surface area contributed by atoms with Gasteiger partial charge in [-0.15, -0.1) is 0 Å². The first-order valence-corrected chi connectivity index (χ1v) is 7.34. The Morgan fingerprint density at radius 1 is 1.36 bits per heavy atom. The second kappa shape index (κ2) is 5.76. The molecule has 0 saturated carbocycles. The molecule has 0 fully saturated rings. The van der Waals surface area contributed by atoms with Gasteiger partial charge >= 0.3 is 5.97 Å². The molecule has 2 aromatic rings. The third-order valence-corrected chi connectivity index (χ3v) is 4.14.